The molecular weight excluding hydrogens is 498 g/mol. The molecule has 3 aliphatic rings. The summed E-state index contributed by atoms with van der Waals surface area (Å²) in [5.41, 5.74) is 4.04. The van der Waals surface area contributed by atoms with Gasteiger partial charge in [0.15, 0.2) is 23.6 Å². The summed E-state index contributed by atoms with van der Waals surface area (Å²) in [5.74, 6) is -2.39. The van der Waals surface area contributed by atoms with Crippen LogP contribution < -0.4 is 10.5 Å². The van der Waals surface area contributed by atoms with Crippen LogP contribution in [0.25, 0.3) is 0 Å². The van der Waals surface area contributed by atoms with Gasteiger partial charge in [0.2, 0.25) is 0 Å². The third-order valence-electron chi connectivity index (χ3n) is 7.70. The Kier molecular flexibility index (Phi) is 6.62. The summed E-state index contributed by atoms with van der Waals surface area (Å²) in [6.45, 7) is 0.667. The zero-order valence-electron chi connectivity index (χ0n) is 20.8. The molecule has 2 aliphatic carbocycles. The lowest BCUT2D eigenvalue weighted by molar-refractivity contribution is -0.247. The second-order valence-electron chi connectivity index (χ2n) is 10.0. The molecule has 1 heterocycles. The minimum atomic E-state index is -2.12. The number of benzene rings is 2. The maximum absolute atomic E-state index is 13.6. The maximum atomic E-state index is 13.6. The average Bonchev–Trinajstić information content (AvgIpc) is 2.89. The first-order chi connectivity index (χ1) is 18.0. The summed E-state index contributed by atoms with van der Waals surface area (Å²) in [4.78, 5) is 39.6. The molecule has 2 aromatic rings. The normalized spacial score (nSPS) is 30.3. The molecule has 202 valence electrons. The smallest absolute Gasteiger partial charge is 0.198 e. The minimum Gasteiger partial charge on any atom is -0.507 e. The van der Waals surface area contributed by atoms with E-state index in [2.05, 4.69) is 0 Å². The van der Waals surface area contributed by atoms with E-state index in [1.54, 1.807) is 19.1 Å². The highest BCUT2D eigenvalue weighted by molar-refractivity contribution is 6.30. The molecular formula is C27H29NO10. The number of methoxy groups -OCH3 is 1. The van der Waals surface area contributed by atoms with Crippen molar-refractivity contribution in [1.29, 1.82) is 0 Å². The number of hydrogen-bond donors (Lipinski definition) is 5. The highest BCUT2D eigenvalue weighted by Gasteiger charge is 2.48. The van der Waals surface area contributed by atoms with Crippen LogP contribution in [0.2, 0.25) is 0 Å². The van der Waals surface area contributed by atoms with Crippen LogP contribution in [-0.2, 0) is 20.7 Å². The van der Waals surface area contributed by atoms with Crippen molar-refractivity contribution in [2.45, 2.75) is 62.4 Å². The van der Waals surface area contributed by atoms with Gasteiger partial charge in [-0.1, -0.05) is 12.1 Å². The largest absolute Gasteiger partial charge is 0.507 e. The number of Topliss-reactive ketones (excluding diaryl/α,β-unsaturated/α-hetero) is 1. The number of aromatic hydroxyl groups is 1. The number of fused-ring (bicyclic) bond motifs is 3. The summed E-state index contributed by atoms with van der Waals surface area (Å²) in [6, 6.07) is 5.33. The number of carbonyl (C=O) groups is 3. The van der Waals surface area contributed by atoms with Crippen LogP contribution in [0, 0.1) is 0 Å². The molecule has 6 N–H and O–H groups in total. The van der Waals surface area contributed by atoms with Gasteiger partial charge in [-0.3, -0.25) is 14.4 Å². The van der Waals surface area contributed by atoms with E-state index in [0.717, 1.165) is 0 Å². The van der Waals surface area contributed by atoms with Gasteiger partial charge < -0.3 is 40.4 Å². The molecule has 38 heavy (non-hydrogen) atoms. The first-order valence-electron chi connectivity index (χ1n) is 12.3. The first kappa shape index (κ1) is 26.4. The highest BCUT2D eigenvalue weighted by atomic mass is 16.7. The minimum absolute atomic E-state index is 0.0463. The molecule has 0 radical (unpaired) electrons. The van der Waals surface area contributed by atoms with Crippen molar-refractivity contribution >= 4 is 17.3 Å². The summed E-state index contributed by atoms with van der Waals surface area (Å²) in [6.07, 6.45) is -4.23. The van der Waals surface area contributed by atoms with Crippen molar-refractivity contribution in [3.8, 4) is 11.5 Å². The molecule has 0 saturated carbocycles. The predicted molar refractivity (Wildman–Crippen MR) is 130 cm³/mol. The van der Waals surface area contributed by atoms with Gasteiger partial charge in [0, 0.05) is 42.0 Å². The van der Waals surface area contributed by atoms with E-state index in [4.69, 9.17) is 19.9 Å². The van der Waals surface area contributed by atoms with Gasteiger partial charge >= 0.3 is 0 Å². The molecule has 1 saturated heterocycles. The second-order valence-corrected chi connectivity index (χ2v) is 10.0. The fraction of sp³-hybridized carbons (Fsp3) is 0.444. The van der Waals surface area contributed by atoms with Gasteiger partial charge in [0.25, 0.3) is 0 Å². The average molecular weight is 528 g/mol. The molecule has 1 fully saturated rings. The van der Waals surface area contributed by atoms with Gasteiger partial charge in [-0.05, 0) is 24.6 Å². The number of aliphatic hydroxyl groups excluding tert-OH is 2. The zero-order valence-corrected chi connectivity index (χ0v) is 20.8. The van der Waals surface area contributed by atoms with E-state index in [1.165, 1.54) is 19.2 Å². The van der Waals surface area contributed by atoms with E-state index < -0.39 is 72.4 Å². The van der Waals surface area contributed by atoms with Crippen molar-refractivity contribution in [2.75, 3.05) is 13.7 Å². The number of nitrogens with two attached hydrogens (primary N) is 1. The Morgan fingerprint density at radius 2 is 1.92 bits per heavy atom. The molecule has 0 bridgehead atoms. The number of hydrogen-bond acceptors (Lipinski definition) is 11. The number of ether oxygens (including phenoxy) is 3. The Hall–Kier alpha value is -3.19. The van der Waals surface area contributed by atoms with E-state index in [9.17, 15) is 34.8 Å². The number of ketones is 3. The Balaban J connectivity index is 1.64. The van der Waals surface area contributed by atoms with Crippen molar-refractivity contribution < 1.29 is 49.0 Å². The van der Waals surface area contributed by atoms with Crippen LogP contribution in [0.1, 0.15) is 68.8 Å². The maximum Gasteiger partial charge on any atom is 0.198 e. The van der Waals surface area contributed by atoms with Crippen LogP contribution in [-0.4, -0.2) is 81.6 Å². The lowest BCUT2D eigenvalue weighted by Crippen LogP contribution is -2.53. The third-order valence-corrected chi connectivity index (χ3v) is 7.70. The van der Waals surface area contributed by atoms with Gasteiger partial charge in [0.05, 0.1) is 36.5 Å². The number of phenolic OH excluding ortho intramolecular Hbond substituents is 1. The Morgan fingerprint density at radius 3 is 2.58 bits per heavy atom. The molecule has 6 atom stereocenters. The number of phenols is 1. The number of rotatable bonds is 5. The number of aliphatic hydroxyl groups is 3. The zero-order chi connectivity index (χ0) is 27.5. The van der Waals surface area contributed by atoms with E-state index in [1.807, 2.05) is 0 Å². The Labute approximate surface area is 217 Å². The molecule has 0 spiro atoms. The van der Waals surface area contributed by atoms with Crippen LogP contribution >= 0.6 is 0 Å². The van der Waals surface area contributed by atoms with Crippen LogP contribution in [0.15, 0.2) is 24.3 Å². The van der Waals surface area contributed by atoms with Crippen LogP contribution in [0.4, 0.5) is 0 Å². The second kappa shape index (κ2) is 9.53. The molecule has 11 heteroatoms. The highest BCUT2D eigenvalue weighted by Crippen LogP contribution is 2.48. The Morgan fingerprint density at radius 1 is 1.21 bits per heavy atom. The van der Waals surface area contributed by atoms with E-state index >= 15 is 0 Å². The molecule has 2 aromatic carbocycles. The SMILES string of the molecule is COc1cccc2c1C(=O)c1cc3c(c(O)c1C2=O)C[C@@](O)(C(=O)CO)C[C@@H]3O[C@H]1C[C@H](N)[C@H](O)[C@H](C)O1. The van der Waals surface area contributed by atoms with Crippen molar-refractivity contribution in [2.24, 2.45) is 5.73 Å². The van der Waals surface area contributed by atoms with Crippen LogP contribution in [0.5, 0.6) is 11.5 Å². The van der Waals surface area contributed by atoms with E-state index in [0.29, 0.717) is 0 Å². The lowest BCUT2D eigenvalue weighted by Gasteiger charge is -2.42. The monoisotopic (exact) mass is 527 g/mol. The fourth-order valence-electron chi connectivity index (χ4n) is 5.62. The topological polar surface area (TPSA) is 186 Å². The van der Waals surface area contributed by atoms with Crippen molar-refractivity contribution in [1.82, 2.24) is 0 Å². The summed E-state index contributed by atoms with van der Waals surface area (Å²) < 4.78 is 17.2. The Bertz CT molecular complexity index is 1330. The summed E-state index contributed by atoms with van der Waals surface area (Å²) in [5, 5.41) is 42.2. The lowest BCUT2D eigenvalue weighted by atomic mass is 9.72. The molecule has 5 rings (SSSR count). The quantitative estimate of drug-likeness (QED) is 0.307. The third kappa shape index (κ3) is 4.03. The molecule has 0 unspecified atom stereocenters. The van der Waals surface area contributed by atoms with Crippen molar-refractivity contribution in [3.05, 3.63) is 57.6 Å². The molecule has 0 amide bonds. The van der Waals surface area contributed by atoms with Crippen molar-refractivity contribution in [3.63, 3.8) is 0 Å². The fourth-order valence-corrected chi connectivity index (χ4v) is 5.62. The van der Waals surface area contributed by atoms with Gasteiger partial charge in [0.1, 0.15) is 23.7 Å². The predicted octanol–water partition coefficient (Wildman–Crippen LogP) is 0.296. The molecule has 11 nitrogen and oxygen atoms in total. The first-order valence-corrected chi connectivity index (χ1v) is 12.3. The summed E-state index contributed by atoms with van der Waals surface area (Å²) in [7, 11) is 1.38. The number of carbonyl (C=O) groups excluding carboxylic acids is 3. The standard InChI is InChI=1S/C27H29NO10/c1-11-23(31)16(28)7-20(37-11)38-18-9-27(35,19(30)10-29)8-15-13(18)6-14-22(26(15)34)24(32)12-4-3-5-17(36-2)21(12)25(14)33/h3-6,11,16,18,20,23,29,31,34-35H,7-10,28H2,1-2H3/t11-,16-,18-,20-,23+,27-/m0/s1. The molecule has 0 aromatic heterocycles. The van der Waals surface area contributed by atoms with E-state index in [-0.39, 0.29) is 52.0 Å². The van der Waals surface area contributed by atoms with Gasteiger partial charge in [-0.2, -0.15) is 0 Å². The van der Waals surface area contributed by atoms with Gasteiger partial charge in [-0.15, -0.1) is 0 Å². The van der Waals surface area contributed by atoms with Crippen LogP contribution in [0.3, 0.4) is 0 Å². The van der Waals surface area contributed by atoms with Gasteiger partial charge in [-0.25, -0.2) is 0 Å². The molecule has 1 aliphatic heterocycles. The summed E-state index contributed by atoms with van der Waals surface area (Å²) >= 11 is 0.